The second kappa shape index (κ2) is 12.1. The summed E-state index contributed by atoms with van der Waals surface area (Å²) in [5.74, 6) is 2.79. The lowest BCUT2D eigenvalue weighted by Gasteiger charge is -2.26. The van der Waals surface area contributed by atoms with Crippen LogP contribution in [0.4, 0.5) is 0 Å². The Hall–Kier alpha value is -2.16. The topological polar surface area (TPSA) is 27.7 Å². The Kier molecular flexibility index (Phi) is 10.8. The van der Waals surface area contributed by atoms with Crippen molar-refractivity contribution in [3.8, 4) is 17.2 Å². The van der Waals surface area contributed by atoms with E-state index in [1.165, 1.54) is 27.8 Å². The number of methoxy groups -OCH3 is 1. The maximum absolute atomic E-state index is 5.90. The zero-order valence-corrected chi connectivity index (χ0v) is 26.9. The van der Waals surface area contributed by atoms with Crippen LogP contribution in [0, 0.1) is 31.6 Å². The minimum atomic E-state index is 0.0674. The van der Waals surface area contributed by atoms with Crippen molar-refractivity contribution in [2.24, 2.45) is 10.8 Å². The predicted molar refractivity (Wildman–Crippen MR) is 161 cm³/mol. The maximum Gasteiger partial charge on any atom is 0.126 e. The molecule has 0 aliphatic rings. The van der Waals surface area contributed by atoms with Crippen molar-refractivity contribution in [2.75, 3.05) is 20.3 Å². The SMILES string of the molecule is COc1cc(OCC(C)(C)C)cc(C)c1C(C)(C)C.Cc1cc(OCC(C)(C)C)cc(C)c1C(C)(C)C. The van der Waals surface area contributed by atoms with E-state index in [9.17, 15) is 0 Å². The van der Waals surface area contributed by atoms with Gasteiger partial charge in [0, 0.05) is 11.6 Å². The second-order valence-electron chi connectivity index (χ2n) is 14.9. The number of hydrogen-bond donors (Lipinski definition) is 0. The van der Waals surface area contributed by atoms with Crippen LogP contribution in [0.25, 0.3) is 0 Å². The molecule has 0 aromatic heterocycles. The molecule has 0 aliphatic heterocycles. The van der Waals surface area contributed by atoms with E-state index in [0.717, 1.165) is 23.9 Å². The normalized spacial score (nSPS) is 12.5. The molecule has 0 saturated heterocycles. The minimum absolute atomic E-state index is 0.0674. The molecule has 37 heavy (non-hydrogen) atoms. The Morgan fingerprint density at radius 1 is 0.514 bits per heavy atom. The van der Waals surface area contributed by atoms with Gasteiger partial charge in [-0.2, -0.15) is 0 Å². The predicted octanol–water partition coefficient (Wildman–Crippen LogP) is 9.75. The fourth-order valence-corrected chi connectivity index (χ4v) is 4.72. The molecule has 3 nitrogen and oxygen atoms in total. The second-order valence-corrected chi connectivity index (χ2v) is 14.9. The van der Waals surface area contributed by atoms with Gasteiger partial charge in [-0.15, -0.1) is 0 Å². The fourth-order valence-electron chi connectivity index (χ4n) is 4.72. The number of aryl methyl sites for hydroxylation is 3. The summed E-state index contributed by atoms with van der Waals surface area (Å²) in [6.45, 7) is 34.4. The van der Waals surface area contributed by atoms with Gasteiger partial charge in [0.2, 0.25) is 0 Å². The van der Waals surface area contributed by atoms with Crippen LogP contribution in [0.5, 0.6) is 17.2 Å². The first-order chi connectivity index (χ1) is 16.5. The molecule has 0 aliphatic carbocycles. The Bertz CT molecular complexity index is 996. The molecule has 0 heterocycles. The van der Waals surface area contributed by atoms with E-state index in [1.807, 2.05) is 6.07 Å². The van der Waals surface area contributed by atoms with Crippen LogP contribution in [0.2, 0.25) is 0 Å². The molecule has 0 unspecified atom stereocenters. The number of ether oxygens (including phenoxy) is 3. The lowest BCUT2D eigenvalue weighted by molar-refractivity contribution is 0.197. The van der Waals surface area contributed by atoms with Gasteiger partial charge in [-0.05, 0) is 82.9 Å². The highest BCUT2D eigenvalue weighted by Gasteiger charge is 2.23. The average molecular weight is 513 g/mol. The van der Waals surface area contributed by atoms with E-state index < -0.39 is 0 Å². The summed E-state index contributed by atoms with van der Waals surface area (Å²) in [7, 11) is 1.72. The third kappa shape index (κ3) is 11.0. The number of hydrogen-bond acceptors (Lipinski definition) is 3. The van der Waals surface area contributed by atoms with Crippen molar-refractivity contribution < 1.29 is 14.2 Å². The van der Waals surface area contributed by atoms with Gasteiger partial charge in [0.1, 0.15) is 17.2 Å². The molecule has 0 spiro atoms. The summed E-state index contributed by atoms with van der Waals surface area (Å²) >= 11 is 0. The molecular formula is C34H56O3. The standard InChI is InChI=1S/C17H28O2.C17H28O/c1-12-9-13(19-11-16(2,3)4)10-14(18-8)15(12)17(5,6)7;1-12-9-14(18-11-16(3,4)5)10-13(2)15(12)17(6,7)8/h9-10H,11H2,1-8H3;9-10H,11H2,1-8H3. The quantitative estimate of drug-likeness (QED) is 0.399. The average Bonchev–Trinajstić information content (AvgIpc) is 2.67. The molecule has 0 radical (unpaired) electrons. The molecule has 2 rings (SSSR count). The maximum atomic E-state index is 5.90. The summed E-state index contributed by atoms with van der Waals surface area (Å²) in [6.07, 6.45) is 0. The van der Waals surface area contributed by atoms with Crippen molar-refractivity contribution >= 4 is 0 Å². The molecule has 2 aromatic rings. The summed E-state index contributed by atoms with van der Waals surface area (Å²) < 4.78 is 17.3. The zero-order valence-electron chi connectivity index (χ0n) is 26.9. The summed E-state index contributed by atoms with van der Waals surface area (Å²) in [4.78, 5) is 0. The van der Waals surface area contributed by atoms with Crippen LogP contribution < -0.4 is 14.2 Å². The summed E-state index contributed by atoms with van der Waals surface area (Å²) in [6, 6.07) is 8.44. The monoisotopic (exact) mass is 512 g/mol. The van der Waals surface area contributed by atoms with Crippen molar-refractivity contribution in [1.29, 1.82) is 0 Å². The largest absolute Gasteiger partial charge is 0.496 e. The van der Waals surface area contributed by atoms with E-state index in [1.54, 1.807) is 7.11 Å². The fraction of sp³-hybridized carbons (Fsp3) is 0.647. The van der Waals surface area contributed by atoms with Crippen LogP contribution in [-0.4, -0.2) is 20.3 Å². The lowest BCUT2D eigenvalue weighted by Crippen LogP contribution is -2.18. The highest BCUT2D eigenvalue weighted by atomic mass is 16.5. The third-order valence-corrected chi connectivity index (χ3v) is 5.84. The summed E-state index contributed by atoms with van der Waals surface area (Å²) in [5, 5.41) is 0. The number of rotatable bonds is 5. The first-order valence-corrected chi connectivity index (χ1v) is 13.6. The Labute approximate surface area is 229 Å². The van der Waals surface area contributed by atoms with E-state index >= 15 is 0 Å². The Morgan fingerprint density at radius 2 is 0.838 bits per heavy atom. The minimum Gasteiger partial charge on any atom is -0.496 e. The molecule has 0 fully saturated rings. The summed E-state index contributed by atoms with van der Waals surface area (Å²) in [5.41, 5.74) is 7.17. The van der Waals surface area contributed by atoms with Gasteiger partial charge in [0.25, 0.3) is 0 Å². The first-order valence-electron chi connectivity index (χ1n) is 13.6. The molecule has 0 amide bonds. The highest BCUT2D eigenvalue weighted by Crippen LogP contribution is 2.37. The van der Waals surface area contributed by atoms with E-state index in [2.05, 4.69) is 122 Å². The van der Waals surface area contributed by atoms with Crippen molar-refractivity contribution in [2.45, 2.75) is 115 Å². The van der Waals surface area contributed by atoms with Crippen LogP contribution in [0.1, 0.15) is 111 Å². The lowest BCUT2D eigenvalue weighted by atomic mass is 9.81. The molecule has 0 saturated carbocycles. The smallest absolute Gasteiger partial charge is 0.126 e. The van der Waals surface area contributed by atoms with Gasteiger partial charge in [0.05, 0.1) is 20.3 Å². The zero-order chi connectivity index (χ0) is 29.0. The Balaban J connectivity index is 0.000000371. The van der Waals surface area contributed by atoms with Crippen molar-refractivity contribution in [1.82, 2.24) is 0 Å². The van der Waals surface area contributed by atoms with Crippen LogP contribution >= 0.6 is 0 Å². The van der Waals surface area contributed by atoms with Gasteiger partial charge in [-0.25, -0.2) is 0 Å². The highest BCUT2D eigenvalue weighted by molar-refractivity contribution is 5.49. The van der Waals surface area contributed by atoms with Gasteiger partial charge in [0.15, 0.2) is 0 Å². The molecule has 210 valence electrons. The van der Waals surface area contributed by atoms with Crippen LogP contribution in [0.15, 0.2) is 24.3 Å². The molecule has 0 N–H and O–H groups in total. The molecule has 2 aromatic carbocycles. The molecular weight excluding hydrogens is 456 g/mol. The van der Waals surface area contributed by atoms with Crippen molar-refractivity contribution in [3.05, 3.63) is 52.1 Å². The Morgan fingerprint density at radius 3 is 1.14 bits per heavy atom. The van der Waals surface area contributed by atoms with Gasteiger partial charge >= 0.3 is 0 Å². The van der Waals surface area contributed by atoms with Crippen molar-refractivity contribution in [3.63, 3.8) is 0 Å². The van der Waals surface area contributed by atoms with Gasteiger partial charge < -0.3 is 14.2 Å². The van der Waals surface area contributed by atoms with Gasteiger partial charge in [-0.1, -0.05) is 83.1 Å². The van der Waals surface area contributed by atoms with Crippen LogP contribution in [-0.2, 0) is 10.8 Å². The molecule has 0 bridgehead atoms. The molecule has 0 atom stereocenters. The molecule has 3 heteroatoms. The van der Waals surface area contributed by atoms with E-state index in [-0.39, 0.29) is 21.7 Å². The number of benzene rings is 2. The van der Waals surface area contributed by atoms with E-state index in [4.69, 9.17) is 14.2 Å². The van der Waals surface area contributed by atoms with Crippen LogP contribution in [0.3, 0.4) is 0 Å². The van der Waals surface area contributed by atoms with E-state index in [0.29, 0.717) is 6.61 Å². The third-order valence-electron chi connectivity index (χ3n) is 5.84. The first kappa shape index (κ1) is 32.9. The van der Waals surface area contributed by atoms with Gasteiger partial charge in [-0.3, -0.25) is 0 Å².